The van der Waals surface area contributed by atoms with Crippen LogP contribution in [0.2, 0.25) is 0 Å². The van der Waals surface area contributed by atoms with Crippen LogP contribution < -0.4 is 0 Å². The number of hydrogen-bond acceptors (Lipinski definition) is 3. The third-order valence-electron chi connectivity index (χ3n) is 3.68. The third kappa shape index (κ3) is 14.3. The first-order valence-corrected chi connectivity index (χ1v) is 9.78. The highest BCUT2D eigenvalue weighted by Gasteiger charge is 2.02. The fourth-order valence-electron chi connectivity index (χ4n) is 2.21. The van der Waals surface area contributed by atoms with Crippen LogP contribution in [0, 0.1) is 11.8 Å². The van der Waals surface area contributed by atoms with E-state index >= 15 is 0 Å². The SMILES string of the molecule is CC/C=C\C/C=C\C/C=C\CC#CCCCCC(=O)OCc1cccnc1. The van der Waals surface area contributed by atoms with Crippen molar-refractivity contribution in [3.8, 4) is 11.8 Å². The molecule has 0 N–H and O–H groups in total. The maximum absolute atomic E-state index is 11.7. The molecule has 0 aliphatic heterocycles. The van der Waals surface area contributed by atoms with E-state index in [1.54, 1.807) is 12.4 Å². The highest BCUT2D eigenvalue weighted by Crippen LogP contribution is 2.04. The fraction of sp³-hybridized carbons (Fsp3) is 0.417. The molecule has 27 heavy (non-hydrogen) atoms. The summed E-state index contributed by atoms with van der Waals surface area (Å²) in [6, 6.07) is 3.73. The van der Waals surface area contributed by atoms with Crippen molar-refractivity contribution in [2.24, 2.45) is 0 Å². The minimum atomic E-state index is -0.159. The Kier molecular flexibility index (Phi) is 14.0. The van der Waals surface area contributed by atoms with Gasteiger partial charge in [-0.25, -0.2) is 0 Å². The van der Waals surface area contributed by atoms with E-state index in [1.807, 2.05) is 12.1 Å². The van der Waals surface area contributed by atoms with Crippen LogP contribution in [-0.2, 0) is 16.1 Å². The molecule has 0 radical (unpaired) electrons. The minimum absolute atomic E-state index is 0.159. The quantitative estimate of drug-likeness (QED) is 0.199. The molecule has 1 aromatic rings. The number of pyridine rings is 1. The van der Waals surface area contributed by atoms with Crippen molar-refractivity contribution in [1.29, 1.82) is 0 Å². The van der Waals surface area contributed by atoms with E-state index in [0.29, 0.717) is 13.0 Å². The van der Waals surface area contributed by atoms with E-state index in [-0.39, 0.29) is 5.97 Å². The third-order valence-corrected chi connectivity index (χ3v) is 3.68. The second-order valence-corrected chi connectivity index (χ2v) is 6.08. The van der Waals surface area contributed by atoms with Crippen LogP contribution >= 0.6 is 0 Å². The Bertz CT molecular complexity index is 648. The molecule has 0 spiro atoms. The molecule has 0 unspecified atom stereocenters. The lowest BCUT2D eigenvalue weighted by Crippen LogP contribution is -2.04. The number of aromatic nitrogens is 1. The van der Waals surface area contributed by atoms with Crippen LogP contribution in [0.5, 0.6) is 0 Å². The van der Waals surface area contributed by atoms with Crippen LogP contribution in [0.4, 0.5) is 0 Å². The van der Waals surface area contributed by atoms with Gasteiger partial charge in [-0.05, 0) is 38.2 Å². The molecule has 0 fully saturated rings. The highest BCUT2D eigenvalue weighted by molar-refractivity contribution is 5.69. The number of ether oxygens (including phenoxy) is 1. The van der Waals surface area contributed by atoms with Crippen molar-refractivity contribution >= 4 is 5.97 Å². The molecule has 1 heterocycles. The molecular weight excluding hydrogens is 334 g/mol. The summed E-state index contributed by atoms with van der Waals surface area (Å²) in [5.41, 5.74) is 0.911. The molecule has 0 aliphatic rings. The highest BCUT2D eigenvalue weighted by atomic mass is 16.5. The number of rotatable bonds is 12. The molecule has 0 saturated carbocycles. The summed E-state index contributed by atoms with van der Waals surface area (Å²) < 4.78 is 5.21. The van der Waals surface area contributed by atoms with Crippen LogP contribution in [0.1, 0.15) is 63.9 Å². The van der Waals surface area contributed by atoms with Crippen molar-refractivity contribution in [2.75, 3.05) is 0 Å². The lowest BCUT2D eigenvalue weighted by Gasteiger charge is -2.03. The summed E-state index contributed by atoms with van der Waals surface area (Å²) >= 11 is 0. The van der Waals surface area contributed by atoms with Crippen molar-refractivity contribution in [3.63, 3.8) is 0 Å². The standard InChI is InChI=1S/C24H31NO2/c1-2-3-4-5-6-7-8-9-10-11-12-13-14-15-16-19-24(26)27-22-23-18-17-20-25-21-23/h3-4,6-7,9-10,17-18,20-21H,2,5,8,11,14-16,19,22H2,1H3/b4-3-,7-6-,10-9-. The molecule has 0 amide bonds. The van der Waals surface area contributed by atoms with Gasteiger partial charge >= 0.3 is 5.97 Å². The smallest absolute Gasteiger partial charge is 0.306 e. The summed E-state index contributed by atoms with van der Waals surface area (Å²) in [7, 11) is 0. The average molecular weight is 366 g/mol. The van der Waals surface area contributed by atoms with Gasteiger partial charge in [0.1, 0.15) is 6.61 Å². The van der Waals surface area contributed by atoms with Crippen molar-refractivity contribution in [1.82, 2.24) is 4.98 Å². The number of allylic oxidation sites excluding steroid dienone is 6. The van der Waals surface area contributed by atoms with Crippen LogP contribution in [0.15, 0.2) is 61.0 Å². The Morgan fingerprint density at radius 1 is 1.07 bits per heavy atom. The van der Waals surface area contributed by atoms with Crippen molar-refractivity contribution in [2.45, 2.75) is 64.9 Å². The second kappa shape index (κ2) is 16.8. The molecule has 0 aliphatic carbocycles. The van der Waals surface area contributed by atoms with Crippen molar-refractivity contribution in [3.05, 3.63) is 66.5 Å². The van der Waals surface area contributed by atoms with Gasteiger partial charge in [0.25, 0.3) is 0 Å². The largest absolute Gasteiger partial charge is 0.461 e. The zero-order valence-electron chi connectivity index (χ0n) is 16.4. The van der Waals surface area contributed by atoms with Gasteiger partial charge in [0.05, 0.1) is 0 Å². The second-order valence-electron chi connectivity index (χ2n) is 6.08. The van der Waals surface area contributed by atoms with Gasteiger partial charge in [-0.3, -0.25) is 9.78 Å². The molecule has 3 heteroatoms. The van der Waals surface area contributed by atoms with E-state index in [9.17, 15) is 4.79 Å². The van der Waals surface area contributed by atoms with E-state index in [2.05, 4.69) is 60.2 Å². The zero-order valence-corrected chi connectivity index (χ0v) is 16.4. The Morgan fingerprint density at radius 3 is 2.59 bits per heavy atom. The van der Waals surface area contributed by atoms with Crippen LogP contribution in [0.25, 0.3) is 0 Å². The van der Waals surface area contributed by atoms with E-state index < -0.39 is 0 Å². The van der Waals surface area contributed by atoms with Gasteiger partial charge in [-0.1, -0.05) is 55.4 Å². The molecule has 0 bridgehead atoms. The van der Waals surface area contributed by atoms with Crippen LogP contribution in [-0.4, -0.2) is 11.0 Å². The molecule has 3 nitrogen and oxygen atoms in total. The van der Waals surface area contributed by atoms with Crippen LogP contribution in [0.3, 0.4) is 0 Å². The summed E-state index contributed by atoms with van der Waals surface area (Å²) in [4.78, 5) is 15.6. The first-order valence-electron chi connectivity index (χ1n) is 9.78. The summed E-state index contributed by atoms with van der Waals surface area (Å²) in [5, 5.41) is 0. The summed E-state index contributed by atoms with van der Waals surface area (Å²) in [5.74, 6) is 6.14. The first kappa shape index (κ1) is 22.4. The molecule has 0 aromatic carbocycles. The fourth-order valence-corrected chi connectivity index (χ4v) is 2.21. The number of unbranched alkanes of at least 4 members (excludes halogenated alkanes) is 2. The number of carbonyl (C=O) groups excluding carboxylic acids is 1. The Hall–Kier alpha value is -2.60. The first-order chi connectivity index (χ1) is 13.3. The monoisotopic (exact) mass is 365 g/mol. The molecule has 144 valence electrons. The number of esters is 1. The molecular formula is C24H31NO2. The van der Waals surface area contributed by atoms with Gasteiger partial charge in [-0.15, -0.1) is 5.92 Å². The van der Waals surface area contributed by atoms with Gasteiger partial charge in [0.2, 0.25) is 0 Å². The number of carbonyl (C=O) groups is 1. The van der Waals surface area contributed by atoms with E-state index in [0.717, 1.165) is 50.5 Å². The normalized spacial score (nSPS) is 11.1. The number of nitrogens with zero attached hydrogens (tertiary/aromatic N) is 1. The molecule has 1 rings (SSSR count). The van der Waals surface area contributed by atoms with Gasteiger partial charge < -0.3 is 4.74 Å². The molecule has 0 saturated heterocycles. The van der Waals surface area contributed by atoms with E-state index in [4.69, 9.17) is 4.74 Å². The lowest BCUT2D eigenvalue weighted by molar-refractivity contribution is -0.145. The van der Waals surface area contributed by atoms with Gasteiger partial charge in [0.15, 0.2) is 0 Å². The predicted molar refractivity (Wildman–Crippen MR) is 112 cm³/mol. The minimum Gasteiger partial charge on any atom is -0.461 e. The maximum Gasteiger partial charge on any atom is 0.306 e. The topological polar surface area (TPSA) is 39.2 Å². The zero-order chi connectivity index (χ0) is 19.4. The lowest BCUT2D eigenvalue weighted by atomic mass is 10.2. The molecule has 1 aromatic heterocycles. The Labute approximate surface area is 164 Å². The molecule has 0 atom stereocenters. The Balaban J connectivity index is 1.96. The predicted octanol–water partition coefficient (Wildman–Crippen LogP) is 5.94. The van der Waals surface area contributed by atoms with Crippen molar-refractivity contribution < 1.29 is 9.53 Å². The van der Waals surface area contributed by atoms with E-state index in [1.165, 1.54) is 0 Å². The Morgan fingerprint density at radius 2 is 1.85 bits per heavy atom. The summed E-state index contributed by atoms with van der Waals surface area (Å²) in [6.07, 6.45) is 23.3. The summed E-state index contributed by atoms with van der Waals surface area (Å²) in [6.45, 7) is 2.44. The van der Waals surface area contributed by atoms with Gasteiger partial charge in [0, 0.05) is 37.2 Å². The maximum atomic E-state index is 11.7. The van der Waals surface area contributed by atoms with Gasteiger partial charge in [-0.2, -0.15) is 0 Å². The number of hydrogen-bond donors (Lipinski definition) is 0. The average Bonchev–Trinajstić information content (AvgIpc) is 2.70.